The summed E-state index contributed by atoms with van der Waals surface area (Å²) in [6.07, 6.45) is 1.90. The molecule has 3 atom stereocenters. The van der Waals surface area contributed by atoms with Crippen LogP contribution in [-0.4, -0.2) is 19.3 Å². The molecule has 0 aromatic heterocycles. The minimum atomic E-state index is 0.00153. The molecule has 1 aromatic carbocycles. The third-order valence-electron chi connectivity index (χ3n) is 3.41. The van der Waals surface area contributed by atoms with E-state index in [-0.39, 0.29) is 18.1 Å². The molecule has 2 rings (SSSR count). The number of hydrogen-bond donors (Lipinski definition) is 0. The molecule has 0 bridgehead atoms. The smallest absolute Gasteiger partial charge is 0.0917 e. The highest BCUT2D eigenvalue weighted by molar-refractivity contribution is 5.24. The summed E-state index contributed by atoms with van der Waals surface area (Å²) in [6.45, 7) is 11.1. The summed E-state index contributed by atoms with van der Waals surface area (Å²) in [6, 6.07) is 10.2. The first-order valence-electron chi connectivity index (χ1n) is 6.31. The zero-order valence-corrected chi connectivity index (χ0v) is 10.8. The summed E-state index contributed by atoms with van der Waals surface area (Å²) in [5.74, 6) is 0.224. The molecule has 0 N–H and O–H groups in total. The van der Waals surface area contributed by atoms with Gasteiger partial charge in [0.15, 0.2) is 0 Å². The first-order valence-corrected chi connectivity index (χ1v) is 6.31. The molecule has 0 radical (unpaired) electrons. The summed E-state index contributed by atoms with van der Waals surface area (Å²) >= 11 is 0. The zero-order chi connectivity index (χ0) is 13.0. The molecular formula is C16H20O2. The second-order valence-electron chi connectivity index (χ2n) is 4.61. The van der Waals surface area contributed by atoms with Crippen molar-refractivity contribution in [2.24, 2.45) is 5.92 Å². The molecule has 0 aliphatic carbocycles. The fraction of sp³-hybridized carbons (Fsp3) is 0.375. The molecule has 1 fully saturated rings. The molecule has 0 amide bonds. The molecule has 1 saturated heterocycles. The van der Waals surface area contributed by atoms with Crippen molar-refractivity contribution in [3.8, 4) is 0 Å². The van der Waals surface area contributed by atoms with Crippen LogP contribution in [0.5, 0.6) is 0 Å². The third-order valence-corrected chi connectivity index (χ3v) is 3.41. The topological polar surface area (TPSA) is 18.5 Å². The lowest BCUT2D eigenvalue weighted by Crippen LogP contribution is -2.18. The van der Waals surface area contributed by atoms with Gasteiger partial charge in [-0.3, -0.25) is 0 Å². The number of rotatable bonds is 5. The standard InChI is InChI=1S/C16H20O2/c1-4-10-17-16(14-8-6-5-7-9-14)15-11-18-13(3)12(15)2/h4-9,13,15-16H,1-2,10-11H2,3H3/t13-,15+,16+/m1/s1. The normalized spacial score (nSPS) is 25.1. The molecule has 0 unspecified atom stereocenters. The number of hydrogen-bond acceptors (Lipinski definition) is 2. The zero-order valence-electron chi connectivity index (χ0n) is 10.8. The Bertz CT molecular complexity index is 410. The van der Waals surface area contributed by atoms with Gasteiger partial charge in [0.2, 0.25) is 0 Å². The van der Waals surface area contributed by atoms with Crippen molar-refractivity contribution < 1.29 is 9.47 Å². The molecule has 1 heterocycles. The van der Waals surface area contributed by atoms with E-state index in [4.69, 9.17) is 9.47 Å². The van der Waals surface area contributed by atoms with Crippen molar-refractivity contribution >= 4 is 0 Å². The van der Waals surface area contributed by atoms with Crippen molar-refractivity contribution in [2.75, 3.05) is 13.2 Å². The van der Waals surface area contributed by atoms with Crippen LogP contribution in [0.15, 0.2) is 55.1 Å². The summed E-state index contributed by atoms with van der Waals surface area (Å²) < 4.78 is 11.6. The molecule has 1 aliphatic rings. The van der Waals surface area contributed by atoms with Crippen molar-refractivity contribution in [3.05, 3.63) is 60.7 Å². The first kappa shape index (κ1) is 13.1. The summed E-state index contributed by atoms with van der Waals surface area (Å²) in [5, 5.41) is 0. The van der Waals surface area contributed by atoms with Gasteiger partial charge < -0.3 is 9.47 Å². The van der Waals surface area contributed by atoms with Crippen LogP contribution >= 0.6 is 0 Å². The van der Waals surface area contributed by atoms with Crippen LogP contribution in [0.4, 0.5) is 0 Å². The van der Waals surface area contributed by atoms with Crippen LogP contribution in [0.25, 0.3) is 0 Å². The summed E-state index contributed by atoms with van der Waals surface area (Å²) in [7, 11) is 0. The Kier molecular flexibility index (Phi) is 4.34. The van der Waals surface area contributed by atoms with Crippen LogP contribution in [0.2, 0.25) is 0 Å². The Morgan fingerprint density at radius 3 is 2.72 bits per heavy atom. The highest BCUT2D eigenvalue weighted by Crippen LogP contribution is 2.37. The SMILES string of the molecule is C=CCO[C@@H](c1ccccc1)[C@H]1CO[C@H](C)C1=C. The number of benzene rings is 1. The molecule has 96 valence electrons. The lowest BCUT2D eigenvalue weighted by Gasteiger charge is -2.24. The second kappa shape index (κ2) is 5.98. The molecule has 2 heteroatoms. The fourth-order valence-electron chi connectivity index (χ4n) is 2.30. The molecule has 2 nitrogen and oxygen atoms in total. The van der Waals surface area contributed by atoms with E-state index in [1.165, 1.54) is 5.56 Å². The Labute approximate surface area is 109 Å². The Morgan fingerprint density at radius 1 is 1.44 bits per heavy atom. The minimum Gasteiger partial charge on any atom is -0.373 e. The average Bonchev–Trinajstić information content (AvgIpc) is 2.73. The van der Waals surface area contributed by atoms with Gasteiger partial charge in [-0.2, -0.15) is 0 Å². The third kappa shape index (κ3) is 2.71. The largest absolute Gasteiger partial charge is 0.373 e. The van der Waals surface area contributed by atoms with Crippen LogP contribution in [0.1, 0.15) is 18.6 Å². The monoisotopic (exact) mass is 244 g/mol. The highest BCUT2D eigenvalue weighted by Gasteiger charge is 2.34. The molecule has 1 aromatic rings. The maximum atomic E-state index is 5.92. The predicted molar refractivity (Wildman–Crippen MR) is 73.4 cm³/mol. The van der Waals surface area contributed by atoms with Gasteiger partial charge in [0, 0.05) is 5.92 Å². The van der Waals surface area contributed by atoms with E-state index in [0.29, 0.717) is 13.2 Å². The quantitative estimate of drug-likeness (QED) is 0.738. The Balaban J connectivity index is 2.20. The van der Waals surface area contributed by atoms with E-state index in [9.17, 15) is 0 Å². The van der Waals surface area contributed by atoms with E-state index in [1.807, 2.05) is 25.1 Å². The molecule has 0 spiro atoms. The maximum Gasteiger partial charge on any atom is 0.0917 e. The van der Waals surface area contributed by atoms with Gasteiger partial charge in [-0.25, -0.2) is 0 Å². The first-order chi connectivity index (χ1) is 8.74. The summed E-state index contributed by atoms with van der Waals surface area (Å²) in [5.41, 5.74) is 2.29. The average molecular weight is 244 g/mol. The van der Waals surface area contributed by atoms with Crippen molar-refractivity contribution in [3.63, 3.8) is 0 Å². The Hall–Kier alpha value is -1.38. The van der Waals surface area contributed by atoms with E-state index < -0.39 is 0 Å². The van der Waals surface area contributed by atoms with E-state index in [2.05, 4.69) is 25.3 Å². The minimum absolute atomic E-state index is 0.00153. The summed E-state index contributed by atoms with van der Waals surface area (Å²) in [4.78, 5) is 0. The molecule has 1 aliphatic heterocycles. The van der Waals surface area contributed by atoms with Gasteiger partial charge in [0.1, 0.15) is 0 Å². The molecule has 0 saturated carbocycles. The van der Waals surface area contributed by atoms with E-state index in [1.54, 1.807) is 6.08 Å². The van der Waals surface area contributed by atoms with Crippen LogP contribution in [-0.2, 0) is 9.47 Å². The van der Waals surface area contributed by atoms with Crippen molar-refractivity contribution in [2.45, 2.75) is 19.1 Å². The maximum absolute atomic E-state index is 5.92. The van der Waals surface area contributed by atoms with E-state index >= 15 is 0 Å². The highest BCUT2D eigenvalue weighted by atomic mass is 16.5. The second-order valence-corrected chi connectivity index (χ2v) is 4.61. The van der Waals surface area contributed by atoms with Gasteiger partial charge in [0.05, 0.1) is 25.4 Å². The van der Waals surface area contributed by atoms with Crippen LogP contribution in [0.3, 0.4) is 0 Å². The van der Waals surface area contributed by atoms with Gasteiger partial charge in [-0.05, 0) is 18.1 Å². The van der Waals surface area contributed by atoms with Crippen LogP contribution < -0.4 is 0 Å². The van der Waals surface area contributed by atoms with Gasteiger partial charge >= 0.3 is 0 Å². The van der Waals surface area contributed by atoms with E-state index in [0.717, 1.165) is 5.57 Å². The van der Waals surface area contributed by atoms with Gasteiger partial charge in [0.25, 0.3) is 0 Å². The Morgan fingerprint density at radius 2 is 2.17 bits per heavy atom. The fourth-order valence-corrected chi connectivity index (χ4v) is 2.30. The molecule has 18 heavy (non-hydrogen) atoms. The molecular weight excluding hydrogens is 224 g/mol. The van der Waals surface area contributed by atoms with Crippen molar-refractivity contribution in [1.82, 2.24) is 0 Å². The van der Waals surface area contributed by atoms with Crippen molar-refractivity contribution in [1.29, 1.82) is 0 Å². The lowest BCUT2D eigenvalue weighted by atomic mass is 9.90. The number of ether oxygens (including phenoxy) is 2. The van der Waals surface area contributed by atoms with Gasteiger partial charge in [-0.1, -0.05) is 43.0 Å². The predicted octanol–water partition coefficient (Wildman–Crippen LogP) is 3.52. The van der Waals surface area contributed by atoms with Crippen LogP contribution in [0, 0.1) is 5.92 Å². The lowest BCUT2D eigenvalue weighted by molar-refractivity contribution is 0.0259. The van der Waals surface area contributed by atoms with Gasteiger partial charge in [-0.15, -0.1) is 6.58 Å².